The van der Waals surface area contributed by atoms with E-state index in [-0.39, 0.29) is 0 Å². The summed E-state index contributed by atoms with van der Waals surface area (Å²) >= 11 is 3.63. The SMILES string of the molecule is Brc1cccc(-c2nn3c(NC4CCCC4)cccc3c2-c2ccnc(NC3CCCC3)n2)c1.CC. The van der Waals surface area contributed by atoms with Gasteiger partial charge in [0, 0.05) is 28.3 Å². The molecular weight excluding hydrogens is 512 g/mol. The van der Waals surface area contributed by atoms with Crippen LogP contribution in [0.25, 0.3) is 28.0 Å². The van der Waals surface area contributed by atoms with Crippen molar-refractivity contribution in [1.29, 1.82) is 0 Å². The number of nitrogens with zero attached hydrogens (tertiary/aromatic N) is 4. The van der Waals surface area contributed by atoms with Crippen molar-refractivity contribution in [3.05, 3.63) is 59.2 Å². The largest absolute Gasteiger partial charge is 0.367 e. The fourth-order valence-electron chi connectivity index (χ4n) is 5.37. The lowest BCUT2D eigenvalue weighted by molar-refractivity contribution is 0.742. The summed E-state index contributed by atoms with van der Waals surface area (Å²) in [4.78, 5) is 9.49. The van der Waals surface area contributed by atoms with Gasteiger partial charge in [-0.1, -0.05) is 73.7 Å². The maximum absolute atomic E-state index is 5.13. The third-order valence-corrected chi connectivity index (χ3v) is 7.56. The van der Waals surface area contributed by atoms with Crippen molar-refractivity contribution in [1.82, 2.24) is 19.6 Å². The summed E-state index contributed by atoms with van der Waals surface area (Å²) in [5.41, 5.74) is 4.95. The van der Waals surface area contributed by atoms with Crippen LogP contribution in [0.3, 0.4) is 0 Å². The first-order valence-corrected chi connectivity index (χ1v) is 14.2. The summed E-state index contributed by atoms with van der Waals surface area (Å²) in [6, 6.07) is 17.7. The first-order valence-electron chi connectivity index (χ1n) is 13.4. The Hall–Kier alpha value is -2.93. The molecule has 0 bridgehead atoms. The van der Waals surface area contributed by atoms with Gasteiger partial charge in [0.15, 0.2) is 0 Å². The Morgan fingerprint density at radius 3 is 2.28 bits per heavy atom. The molecule has 1 aromatic carbocycles. The van der Waals surface area contributed by atoms with Crippen molar-refractivity contribution in [2.45, 2.75) is 77.3 Å². The Balaban J connectivity index is 0.00000130. The molecule has 0 amide bonds. The number of rotatable bonds is 6. The van der Waals surface area contributed by atoms with E-state index < -0.39 is 0 Å². The van der Waals surface area contributed by atoms with E-state index in [0.29, 0.717) is 18.0 Å². The average molecular weight is 548 g/mol. The molecule has 2 aliphatic carbocycles. The van der Waals surface area contributed by atoms with Gasteiger partial charge in [-0.3, -0.25) is 0 Å². The lowest BCUT2D eigenvalue weighted by Gasteiger charge is -2.14. The van der Waals surface area contributed by atoms with E-state index in [1.165, 1.54) is 51.4 Å². The number of anilines is 2. The lowest BCUT2D eigenvalue weighted by Crippen LogP contribution is -2.17. The Morgan fingerprint density at radius 1 is 0.861 bits per heavy atom. The number of pyridine rings is 1. The van der Waals surface area contributed by atoms with Crippen molar-refractivity contribution in [3.63, 3.8) is 0 Å². The van der Waals surface area contributed by atoms with E-state index in [2.05, 4.69) is 72.5 Å². The van der Waals surface area contributed by atoms with Gasteiger partial charge in [-0.15, -0.1) is 0 Å². The second kappa shape index (κ2) is 11.4. The smallest absolute Gasteiger partial charge is 0.223 e. The van der Waals surface area contributed by atoms with Gasteiger partial charge in [0.1, 0.15) is 11.5 Å². The maximum atomic E-state index is 5.13. The highest BCUT2D eigenvalue weighted by atomic mass is 79.9. The minimum Gasteiger partial charge on any atom is -0.367 e. The van der Waals surface area contributed by atoms with E-state index in [1.54, 1.807) is 0 Å². The molecule has 3 aromatic heterocycles. The van der Waals surface area contributed by atoms with Gasteiger partial charge in [0.25, 0.3) is 0 Å². The van der Waals surface area contributed by atoms with Crippen LogP contribution in [0, 0.1) is 0 Å². The molecule has 36 heavy (non-hydrogen) atoms. The standard InChI is InChI=1S/C27H29BrN6.C2H6/c28-19-8-5-7-18(17-19)26-25(22-15-16-29-27(32-22)31-21-11-3-4-12-21)23-13-6-14-24(34(23)33-26)30-20-9-1-2-10-20;1-2/h5-8,13-17,20-21,30H,1-4,9-12H2,(H,29,31,32);1-2H3. The van der Waals surface area contributed by atoms with Crippen LogP contribution in [-0.2, 0) is 0 Å². The summed E-state index contributed by atoms with van der Waals surface area (Å²) in [6.07, 6.45) is 11.8. The molecule has 0 saturated heterocycles. The van der Waals surface area contributed by atoms with Crippen LogP contribution in [0.2, 0.25) is 0 Å². The molecule has 0 radical (unpaired) electrons. The zero-order valence-corrected chi connectivity index (χ0v) is 22.8. The van der Waals surface area contributed by atoms with E-state index in [1.807, 2.05) is 32.2 Å². The van der Waals surface area contributed by atoms with Gasteiger partial charge in [-0.25, -0.2) is 14.5 Å². The number of fused-ring (bicyclic) bond motifs is 1. The van der Waals surface area contributed by atoms with Crippen LogP contribution >= 0.6 is 15.9 Å². The van der Waals surface area contributed by atoms with E-state index in [9.17, 15) is 0 Å². The first kappa shape index (κ1) is 24.8. The van der Waals surface area contributed by atoms with Gasteiger partial charge < -0.3 is 10.6 Å². The highest BCUT2D eigenvalue weighted by Gasteiger charge is 2.22. The number of hydrogen-bond acceptors (Lipinski definition) is 5. The molecule has 0 spiro atoms. The minimum atomic E-state index is 0.464. The van der Waals surface area contributed by atoms with Crippen molar-refractivity contribution in [2.24, 2.45) is 0 Å². The predicted octanol–water partition coefficient (Wildman–Crippen LogP) is 7.96. The Bertz CT molecular complexity index is 1300. The number of hydrogen-bond donors (Lipinski definition) is 2. The Kier molecular flexibility index (Phi) is 7.85. The van der Waals surface area contributed by atoms with Gasteiger partial charge in [-0.05, 0) is 56.0 Å². The molecule has 3 heterocycles. The second-order valence-electron chi connectivity index (χ2n) is 9.46. The summed E-state index contributed by atoms with van der Waals surface area (Å²) < 4.78 is 3.08. The highest BCUT2D eigenvalue weighted by Crippen LogP contribution is 2.37. The van der Waals surface area contributed by atoms with Crippen LogP contribution in [0.5, 0.6) is 0 Å². The average Bonchev–Trinajstić information content (AvgIpc) is 3.67. The van der Waals surface area contributed by atoms with Crippen molar-refractivity contribution >= 4 is 33.2 Å². The third-order valence-electron chi connectivity index (χ3n) is 7.06. The van der Waals surface area contributed by atoms with Gasteiger partial charge in [0.2, 0.25) is 5.95 Å². The summed E-state index contributed by atoms with van der Waals surface area (Å²) in [6.45, 7) is 4.00. The third kappa shape index (κ3) is 5.26. The molecular formula is C29H35BrN6. The molecule has 2 saturated carbocycles. The molecule has 2 aliphatic rings. The monoisotopic (exact) mass is 546 g/mol. The van der Waals surface area contributed by atoms with Crippen molar-refractivity contribution < 1.29 is 0 Å². The first-order chi connectivity index (χ1) is 17.7. The van der Waals surface area contributed by atoms with E-state index >= 15 is 0 Å². The Labute approximate surface area is 222 Å². The molecule has 2 N–H and O–H groups in total. The van der Waals surface area contributed by atoms with Crippen LogP contribution in [0.15, 0.2) is 59.2 Å². The quantitative estimate of drug-likeness (QED) is 0.256. The molecule has 0 unspecified atom stereocenters. The lowest BCUT2D eigenvalue weighted by atomic mass is 10.0. The van der Waals surface area contributed by atoms with Gasteiger partial charge in [0.05, 0.1) is 16.8 Å². The van der Waals surface area contributed by atoms with E-state index in [0.717, 1.165) is 38.3 Å². The fourth-order valence-corrected chi connectivity index (χ4v) is 5.77. The van der Waals surface area contributed by atoms with Crippen molar-refractivity contribution in [2.75, 3.05) is 10.6 Å². The molecule has 4 aromatic rings. The van der Waals surface area contributed by atoms with Gasteiger partial charge in [-0.2, -0.15) is 5.10 Å². The molecule has 2 fully saturated rings. The van der Waals surface area contributed by atoms with Crippen LogP contribution in [0.1, 0.15) is 65.2 Å². The molecule has 6 nitrogen and oxygen atoms in total. The number of benzene rings is 1. The number of nitrogens with one attached hydrogen (secondary N) is 2. The fraction of sp³-hybridized carbons (Fsp3) is 0.414. The summed E-state index contributed by atoms with van der Waals surface area (Å²) in [5, 5.41) is 12.4. The van der Waals surface area contributed by atoms with Crippen LogP contribution in [0.4, 0.5) is 11.8 Å². The van der Waals surface area contributed by atoms with E-state index in [4.69, 9.17) is 10.1 Å². The normalized spacial score (nSPS) is 16.2. The zero-order chi connectivity index (χ0) is 24.9. The summed E-state index contributed by atoms with van der Waals surface area (Å²) in [5.74, 6) is 1.73. The highest BCUT2D eigenvalue weighted by molar-refractivity contribution is 9.10. The summed E-state index contributed by atoms with van der Waals surface area (Å²) in [7, 11) is 0. The maximum Gasteiger partial charge on any atom is 0.223 e. The molecule has 7 heteroatoms. The molecule has 6 rings (SSSR count). The van der Waals surface area contributed by atoms with Gasteiger partial charge >= 0.3 is 0 Å². The minimum absolute atomic E-state index is 0.464. The molecule has 188 valence electrons. The number of halogens is 1. The second-order valence-corrected chi connectivity index (χ2v) is 10.4. The Morgan fingerprint density at radius 2 is 1.56 bits per heavy atom. The topological polar surface area (TPSA) is 67.1 Å². The predicted molar refractivity (Wildman–Crippen MR) is 152 cm³/mol. The van der Waals surface area contributed by atoms with Crippen LogP contribution in [-0.4, -0.2) is 31.7 Å². The zero-order valence-electron chi connectivity index (χ0n) is 21.2. The van der Waals surface area contributed by atoms with Crippen LogP contribution < -0.4 is 10.6 Å². The molecule has 0 atom stereocenters. The molecule has 0 aliphatic heterocycles. The van der Waals surface area contributed by atoms with Crippen molar-refractivity contribution in [3.8, 4) is 22.5 Å². The number of aromatic nitrogens is 4.